The van der Waals surface area contributed by atoms with Crippen molar-refractivity contribution < 1.29 is 9.53 Å². The first-order chi connectivity index (χ1) is 12.7. The summed E-state index contributed by atoms with van der Waals surface area (Å²) in [5, 5.41) is 0. The van der Waals surface area contributed by atoms with Crippen molar-refractivity contribution in [1.82, 2.24) is 4.90 Å². The van der Waals surface area contributed by atoms with Gasteiger partial charge in [0.15, 0.2) is 0 Å². The van der Waals surface area contributed by atoms with Gasteiger partial charge in [0, 0.05) is 35.3 Å². The van der Waals surface area contributed by atoms with Gasteiger partial charge in [-0.15, -0.1) is 0 Å². The van der Waals surface area contributed by atoms with Crippen molar-refractivity contribution >= 4 is 29.5 Å². The monoisotopic (exact) mass is 393 g/mol. The molecule has 0 saturated carbocycles. The zero-order valence-electron chi connectivity index (χ0n) is 15.9. The summed E-state index contributed by atoms with van der Waals surface area (Å²) in [6.45, 7) is 0.565. The maximum Gasteiger partial charge on any atom is 0.306 e. The van der Waals surface area contributed by atoms with E-state index < -0.39 is 0 Å². The molecule has 0 spiro atoms. The fourth-order valence-corrected chi connectivity index (χ4v) is 6.20. The number of hydrogen-bond donors (Lipinski definition) is 0. The van der Waals surface area contributed by atoms with E-state index in [1.54, 1.807) is 0 Å². The zero-order chi connectivity index (χ0) is 18.4. The van der Waals surface area contributed by atoms with E-state index >= 15 is 0 Å². The standard InChI is InChI=1S/C21H31NO2S2/c1-22-17-8-9-20(22)19(18(14-17)16-6-4-3-5-7-16)15-24-21(23)10-11-26-13-12-25-2/h3-7,17-20H,8-15H2,1-2H3/t17-,18-,19+,20+/m1/s1. The summed E-state index contributed by atoms with van der Waals surface area (Å²) in [4.78, 5) is 14.7. The average Bonchev–Trinajstić information content (AvgIpc) is 2.90. The van der Waals surface area contributed by atoms with E-state index in [0.29, 0.717) is 36.9 Å². The van der Waals surface area contributed by atoms with Crippen LogP contribution in [0.15, 0.2) is 30.3 Å². The number of fused-ring (bicyclic) bond motifs is 2. The van der Waals surface area contributed by atoms with Crippen molar-refractivity contribution in [1.29, 1.82) is 0 Å². The third kappa shape index (κ3) is 4.99. The molecule has 2 aliphatic heterocycles. The number of thioether (sulfide) groups is 2. The first kappa shape index (κ1) is 20.1. The Labute approximate surface area is 166 Å². The van der Waals surface area contributed by atoms with E-state index in [-0.39, 0.29) is 5.97 Å². The van der Waals surface area contributed by atoms with E-state index in [0.717, 1.165) is 17.3 Å². The lowest BCUT2D eigenvalue weighted by atomic mass is 9.76. The molecule has 144 valence electrons. The number of hydrogen-bond acceptors (Lipinski definition) is 5. The van der Waals surface area contributed by atoms with Crippen molar-refractivity contribution in [3.8, 4) is 0 Å². The highest BCUT2D eigenvalue weighted by molar-refractivity contribution is 8.02. The van der Waals surface area contributed by atoms with Crippen LogP contribution in [0.3, 0.4) is 0 Å². The molecule has 4 atom stereocenters. The highest BCUT2D eigenvalue weighted by Crippen LogP contribution is 2.46. The largest absolute Gasteiger partial charge is 0.465 e. The van der Waals surface area contributed by atoms with Crippen LogP contribution in [0.1, 0.15) is 37.2 Å². The van der Waals surface area contributed by atoms with Gasteiger partial charge in [-0.3, -0.25) is 4.79 Å². The molecule has 2 bridgehead atoms. The first-order valence-corrected chi connectivity index (χ1v) is 12.2. The third-order valence-electron chi connectivity index (χ3n) is 5.98. The Hall–Kier alpha value is -0.650. The van der Waals surface area contributed by atoms with Gasteiger partial charge in [-0.05, 0) is 44.0 Å². The van der Waals surface area contributed by atoms with Crippen LogP contribution in [-0.2, 0) is 9.53 Å². The molecule has 2 heterocycles. The number of nitrogens with zero attached hydrogens (tertiary/aromatic N) is 1. The van der Waals surface area contributed by atoms with E-state index in [2.05, 4.69) is 48.5 Å². The SMILES string of the molecule is CSCCSCCC(=O)OC[C@H]1[C@@H](c2ccccc2)C[C@H]2CC[C@@H]1N2C. The minimum atomic E-state index is -0.0313. The Bertz CT molecular complexity index is 568. The molecule has 0 unspecified atom stereocenters. The second-order valence-electron chi connectivity index (χ2n) is 7.42. The molecule has 2 saturated heterocycles. The minimum Gasteiger partial charge on any atom is -0.465 e. The summed E-state index contributed by atoms with van der Waals surface area (Å²) in [6, 6.07) is 12.1. The van der Waals surface area contributed by atoms with Gasteiger partial charge in [0.2, 0.25) is 0 Å². The Balaban J connectivity index is 1.55. The molecule has 0 N–H and O–H groups in total. The predicted molar refractivity (Wildman–Crippen MR) is 113 cm³/mol. The fourth-order valence-electron chi connectivity index (χ4n) is 4.55. The molecular weight excluding hydrogens is 362 g/mol. The second-order valence-corrected chi connectivity index (χ2v) is 9.63. The van der Waals surface area contributed by atoms with Crippen molar-refractivity contribution in [3.63, 3.8) is 0 Å². The molecule has 1 aromatic carbocycles. The summed E-state index contributed by atoms with van der Waals surface area (Å²) in [7, 11) is 2.25. The lowest BCUT2D eigenvalue weighted by molar-refractivity contribution is -0.146. The number of carbonyl (C=O) groups excluding carboxylic acids is 1. The van der Waals surface area contributed by atoms with Crippen LogP contribution >= 0.6 is 23.5 Å². The summed E-state index contributed by atoms with van der Waals surface area (Å²) in [5.74, 6) is 4.02. The first-order valence-electron chi connectivity index (χ1n) is 9.70. The Morgan fingerprint density at radius 2 is 2.00 bits per heavy atom. The van der Waals surface area contributed by atoms with Crippen LogP contribution in [0.5, 0.6) is 0 Å². The van der Waals surface area contributed by atoms with Gasteiger partial charge in [0.05, 0.1) is 13.0 Å². The van der Waals surface area contributed by atoms with Crippen LogP contribution in [0.4, 0.5) is 0 Å². The van der Waals surface area contributed by atoms with Gasteiger partial charge in [0.1, 0.15) is 0 Å². The molecule has 5 heteroatoms. The summed E-state index contributed by atoms with van der Waals surface area (Å²) in [5.41, 5.74) is 1.41. The Kier molecular flexibility index (Phi) is 7.77. The normalized spacial score (nSPS) is 28.2. The number of esters is 1. The van der Waals surface area contributed by atoms with Crippen molar-refractivity contribution in [3.05, 3.63) is 35.9 Å². The second kappa shape index (κ2) is 10.0. The number of rotatable bonds is 9. The lowest BCUT2D eigenvalue weighted by Crippen LogP contribution is -2.47. The molecule has 0 aromatic heterocycles. The highest BCUT2D eigenvalue weighted by atomic mass is 32.2. The molecule has 0 aliphatic carbocycles. The summed E-state index contributed by atoms with van der Waals surface area (Å²) >= 11 is 3.70. The summed E-state index contributed by atoms with van der Waals surface area (Å²) < 4.78 is 5.75. The maximum atomic E-state index is 12.2. The van der Waals surface area contributed by atoms with Gasteiger partial charge >= 0.3 is 5.97 Å². The van der Waals surface area contributed by atoms with E-state index in [1.165, 1.54) is 24.8 Å². The minimum absolute atomic E-state index is 0.0313. The molecule has 0 radical (unpaired) electrons. The molecule has 2 aliphatic rings. The molecule has 1 aromatic rings. The van der Waals surface area contributed by atoms with Crippen LogP contribution in [0.25, 0.3) is 0 Å². The molecule has 0 amide bonds. The van der Waals surface area contributed by atoms with Crippen LogP contribution < -0.4 is 0 Å². The smallest absolute Gasteiger partial charge is 0.306 e. The quantitative estimate of drug-likeness (QED) is 0.461. The van der Waals surface area contributed by atoms with Crippen molar-refractivity contribution in [2.75, 3.05) is 37.2 Å². The van der Waals surface area contributed by atoms with Crippen molar-refractivity contribution in [2.24, 2.45) is 5.92 Å². The van der Waals surface area contributed by atoms with Crippen LogP contribution in [-0.4, -0.2) is 60.1 Å². The van der Waals surface area contributed by atoms with Crippen molar-refractivity contribution in [2.45, 2.75) is 43.7 Å². The molecule has 3 nitrogen and oxygen atoms in total. The van der Waals surface area contributed by atoms with Crippen LogP contribution in [0.2, 0.25) is 0 Å². The number of carbonyl (C=O) groups is 1. The topological polar surface area (TPSA) is 29.5 Å². The van der Waals surface area contributed by atoms with Gasteiger partial charge in [-0.1, -0.05) is 30.3 Å². The number of piperidine rings is 1. The maximum absolute atomic E-state index is 12.2. The molecule has 3 rings (SSSR count). The van der Waals surface area contributed by atoms with E-state index in [9.17, 15) is 4.79 Å². The third-order valence-corrected chi connectivity index (χ3v) is 7.84. The zero-order valence-corrected chi connectivity index (χ0v) is 17.6. The number of benzene rings is 1. The number of ether oxygens (including phenoxy) is 1. The Morgan fingerprint density at radius 1 is 1.19 bits per heavy atom. The van der Waals surface area contributed by atoms with Gasteiger partial charge < -0.3 is 9.64 Å². The van der Waals surface area contributed by atoms with Crippen LogP contribution in [0, 0.1) is 5.92 Å². The molecule has 26 heavy (non-hydrogen) atoms. The summed E-state index contributed by atoms with van der Waals surface area (Å²) in [6.07, 6.45) is 6.35. The predicted octanol–water partition coefficient (Wildman–Crippen LogP) is 4.28. The van der Waals surface area contributed by atoms with Gasteiger partial charge in [-0.25, -0.2) is 0 Å². The molecule has 2 fully saturated rings. The van der Waals surface area contributed by atoms with E-state index in [1.807, 2.05) is 23.5 Å². The fraction of sp³-hybridized carbons (Fsp3) is 0.667. The lowest BCUT2D eigenvalue weighted by Gasteiger charge is -2.43. The average molecular weight is 394 g/mol. The highest BCUT2D eigenvalue weighted by Gasteiger charge is 2.46. The molecular formula is C21H31NO2S2. The Morgan fingerprint density at radius 3 is 2.77 bits per heavy atom. The van der Waals surface area contributed by atoms with E-state index in [4.69, 9.17) is 4.74 Å². The van der Waals surface area contributed by atoms with Gasteiger partial charge in [-0.2, -0.15) is 23.5 Å². The van der Waals surface area contributed by atoms with Gasteiger partial charge in [0.25, 0.3) is 0 Å².